The van der Waals surface area contributed by atoms with Crippen molar-refractivity contribution in [3.63, 3.8) is 0 Å². The second-order valence-corrected chi connectivity index (χ2v) is 4.22. The molecule has 0 aliphatic rings. The van der Waals surface area contributed by atoms with Crippen molar-refractivity contribution in [1.82, 2.24) is 5.32 Å². The van der Waals surface area contributed by atoms with Crippen LogP contribution >= 0.6 is 0 Å². The molecular weight excluding hydrogens is 248 g/mol. The van der Waals surface area contributed by atoms with E-state index in [1.165, 1.54) is 6.92 Å². The van der Waals surface area contributed by atoms with Crippen LogP contribution in [0.1, 0.15) is 28.4 Å². The van der Waals surface area contributed by atoms with Gasteiger partial charge in [-0.25, -0.2) is 9.59 Å². The number of carbonyl (C=O) groups excluding carboxylic acids is 3. The molecule has 1 rings (SSSR count). The number of nitrogens with two attached hydrogens (primary N) is 1. The maximum atomic E-state index is 11.9. The van der Waals surface area contributed by atoms with E-state index in [1.807, 2.05) is 18.3 Å². The summed E-state index contributed by atoms with van der Waals surface area (Å²) in [5, 5.41) is 1.85. The van der Waals surface area contributed by atoms with E-state index in [4.69, 9.17) is 10.5 Å². The third-order valence-electron chi connectivity index (χ3n) is 2.51. The Kier molecular flexibility index (Phi) is 4.63. The van der Waals surface area contributed by atoms with Crippen molar-refractivity contribution in [2.75, 3.05) is 0 Å². The third-order valence-corrected chi connectivity index (χ3v) is 2.51. The van der Waals surface area contributed by atoms with E-state index in [9.17, 15) is 14.4 Å². The zero-order chi connectivity index (χ0) is 14.6. The molecule has 0 bridgehead atoms. The highest BCUT2D eigenvalue weighted by Gasteiger charge is 2.20. The summed E-state index contributed by atoms with van der Waals surface area (Å²) in [5.41, 5.74) is 6.85. The van der Waals surface area contributed by atoms with E-state index >= 15 is 0 Å². The highest BCUT2D eigenvalue weighted by atomic mass is 16.5. The zero-order valence-electron chi connectivity index (χ0n) is 11.0. The second-order valence-electron chi connectivity index (χ2n) is 4.22. The summed E-state index contributed by atoms with van der Waals surface area (Å²) in [6.45, 7) is 4.98. The first-order valence-corrected chi connectivity index (χ1v) is 5.69. The van der Waals surface area contributed by atoms with Crippen LogP contribution in [-0.2, 0) is 9.53 Å². The molecule has 6 heteroatoms. The molecule has 0 saturated heterocycles. The Morgan fingerprint density at radius 3 is 2.47 bits per heavy atom. The van der Waals surface area contributed by atoms with Crippen molar-refractivity contribution in [2.45, 2.75) is 26.9 Å². The number of hydrogen-bond donors (Lipinski definition) is 2. The highest BCUT2D eigenvalue weighted by molar-refractivity contribution is 5.98. The minimum absolute atomic E-state index is 0.388. The lowest BCUT2D eigenvalue weighted by atomic mass is 10.1. The molecule has 1 atom stereocenters. The number of hydrogen-bond acceptors (Lipinski definition) is 4. The molecule has 3 amide bonds. The number of benzene rings is 1. The topological polar surface area (TPSA) is 98.5 Å². The van der Waals surface area contributed by atoms with Crippen molar-refractivity contribution in [3.8, 4) is 0 Å². The van der Waals surface area contributed by atoms with Gasteiger partial charge in [0, 0.05) is 0 Å². The van der Waals surface area contributed by atoms with E-state index < -0.39 is 24.0 Å². The van der Waals surface area contributed by atoms with E-state index in [1.54, 1.807) is 19.1 Å². The van der Waals surface area contributed by atoms with E-state index in [2.05, 4.69) is 0 Å². The first kappa shape index (κ1) is 14.7. The van der Waals surface area contributed by atoms with Gasteiger partial charge in [0.1, 0.15) is 0 Å². The van der Waals surface area contributed by atoms with Crippen LogP contribution in [0.4, 0.5) is 4.79 Å². The maximum Gasteiger partial charge on any atom is 0.339 e. The minimum atomic E-state index is -1.10. The Morgan fingerprint density at radius 2 is 1.89 bits per heavy atom. The molecule has 1 unspecified atom stereocenters. The molecule has 0 spiro atoms. The fourth-order valence-corrected chi connectivity index (χ4v) is 1.46. The maximum absolute atomic E-state index is 11.9. The van der Waals surface area contributed by atoms with Gasteiger partial charge >= 0.3 is 12.0 Å². The molecule has 0 aromatic heterocycles. The monoisotopic (exact) mass is 264 g/mol. The van der Waals surface area contributed by atoms with E-state index in [0.717, 1.165) is 11.1 Å². The van der Waals surface area contributed by atoms with E-state index in [0.29, 0.717) is 5.56 Å². The van der Waals surface area contributed by atoms with Gasteiger partial charge < -0.3 is 10.5 Å². The number of imide groups is 1. The summed E-state index contributed by atoms with van der Waals surface area (Å²) >= 11 is 0. The summed E-state index contributed by atoms with van der Waals surface area (Å²) < 4.78 is 4.98. The fraction of sp³-hybridized carbons (Fsp3) is 0.308. The van der Waals surface area contributed by atoms with Crippen molar-refractivity contribution in [1.29, 1.82) is 0 Å². The van der Waals surface area contributed by atoms with Crippen LogP contribution in [0.2, 0.25) is 0 Å². The Balaban J connectivity index is 2.77. The molecule has 1 aromatic rings. The number of ether oxygens (including phenoxy) is 1. The van der Waals surface area contributed by atoms with Crippen LogP contribution in [0.5, 0.6) is 0 Å². The number of urea groups is 1. The summed E-state index contributed by atoms with van der Waals surface area (Å²) in [4.78, 5) is 33.8. The van der Waals surface area contributed by atoms with Crippen molar-refractivity contribution >= 4 is 17.9 Å². The molecule has 0 saturated carbocycles. The van der Waals surface area contributed by atoms with Gasteiger partial charge in [-0.1, -0.05) is 17.7 Å². The largest absolute Gasteiger partial charge is 0.449 e. The molecule has 0 heterocycles. The molecule has 1 aromatic carbocycles. The molecule has 0 radical (unpaired) electrons. The lowest BCUT2D eigenvalue weighted by Crippen LogP contribution is -2.42. The third kappa shape index (κ3) is 4.09. The molecule has 6 nitrogen and oxygen atoms in total. The zero-order valence-corrected chi connectivity index (χ0v) is 11.0. The summed E-state index contributed by atoms with van der Waals surface area (Å²) in [7, 11) is 0. The number of rotatable bonds is 3. The smallest absolute Gasteiger partial charge is 0.339 e. The van der Waals surface area contributed by atoms with Crippen LogP contribution in [0.25, 0.3) is 0 Å². The SMILES string of the molecule is Cc1ccc(C)c(C(=O)OC(C)C(=O)NC(N)=O)c1. The average molecular weight is 264 g/mol. The molecule has 3 N–H and O–H groups in total. The van der Waals surface area contributed by atoms with Gasteiger partial charge in [-0.3, -0.25) is 10.1 Å². The molecule has 0 aliphatic heterocycles. The van der Waals surface area contributed by atoms with Crippen molar-refractivity contribution in [2.24, 2.45) is 5.73 Å². The molecular formula is C13H16N2O4. The summed E-state index contributed by atoms with van der Waals surface area (Å²) in [6.07, 6.45) is -1.10. The van der Waals surface area contributed by atoms with Crippen molar-refractivity contribution in [3.05, 3.63) is 34.9 Å². The number of nitrogens with one attached hydrogen (secondary N) is 1. The number of aryl methyl sites for hydroxylation is 2. The fourth-order valence-electron chi connectivity index (χ4n) is 1.46. The number of primary amides is 1. The van der Waals surface area contributed by atoms with Gasteiger partial charge in [0.2, 0.25) is 0 Å². The summed E-state index contributed by atoms with van der Waals surface area (Å²) in [5.74, 6) is -1.38. The van der Waals surface area contributed by atoms with Crippen LogP contribution in [0, 0.1) is 13.8 Å². The standard InChI is InChI=1S/C13H16N2O4/c1-7-4-5-8(2)10(6-7)12(17)19-9(3)11(16)15-13(14)18/h4-6,9H,1-3H3,(H3,14,15,16,18). The predicted octanol–water partition coefficient (Wildman–Crippen LogP) is 1.04. The Morgan fingerprint density at radius 1 is 1.26 bits per heavy atom. The van der Waals surface area contributed by atoms with Crippen LogP contribution in [0.15, 0.2) is 18.2 Å². The number of carbonyl (C=O) groups is 3. The minimum Gasteiger partial charge on any atom is -0.449 e. The normalized spacial score (nSPS) is 11.5. The Bertz CT molecular complexity index is 525. The Hall–Kier alpha value is -2.37. The van der Waals surface area contributed by atoms with Crippen LogP contribution in [0.3, 0.4) is 0 Å². The van der Waals surface area contributed by atoms with Gasteiger partial charge in [0.25, 0.3) is 5.91 Å². The predicted molar refractivity (Wildman–Crippen MR) is 68.5 cm³/mol. The van der Waals surface area contributed by atoms with Gasteiger partial charge in [-0.2, -0.15) is 0 Å². The van der Waals surface area contributed by atoms with E-state index in [-0.39, 0.29) is 0 Å². The Labute approximate surface area is 110 Å². The van der Waals surface area contributed by atoms with Gasteiger partial charge in [-0.15, -0.1) is 0 Å². The molecule has 0 fully saturated rings. The summed E-state index contributed by atoms with van der Waals surface area (Å²) in [6, 6.07) is 4.35. The van der Waals surface area contributed by atoms with Gasteiger partial charge in [-0.05, 0) is 32.4 Å². The second kappa shape index (κ2) is 5.99. The number of amides is 3. The first-order chi connectivity index (χ1) is 8.81. The first-order valence-electron chi connectivity index (χ1n) is 5.69. The lowest BCUT2D eigenvalue weighted by Gasteiger charge is -2.13. The van der Waals surface area contributed by atoms with Crippen LogP contribution in [-0.4, -0.2) is 24.0 Å². The van der Waals surface area contributed by atoms with Crippen LogP contribution < -0.4 is 11.1 Å². The van der Waals surface area contributed by atoms with Crippen molar-refractivity contribution < 1.29 is 19.1 Å². The number of esters is 1. The van der Waals surface area contributed by atoms with Gasteiger partial charge in [0.05, 0.1) is 5.56 Å². The average Bonchev–Trinajstić information content (AvgIpc) is 2.31. The molecule has 0 aliphatic carbocycles. The highest BCUT2D eigenvalue weighted by Crippen LogP contribution is 2.13. The molecule has 102 valence electrons. The lowest BCUT2D eigenvalue weighted by molar-refractivity contribution is -0.127. The molecule has 19 heavy (non-hydrogen) atoms. The quantitative estimate of drug-likeness (QED) is 0.797. The van der Waals surface area contributed by atoms with Gasteiger partial charge in [0.15, 0.2) is 6.10 Å².